The van der Waals surface area contributed by atoms with Crippen LogP contribution in [0, 0.1) is 5.92 Å². The summed E-state index contributed by atoms with van der Waals surface area (Å²) in [5.74, 6) is -0.492. The molecule has 88 valence electrons. The van der Waals surface area contributed by atoms with Crippen molar-refractivity contribution in [1.82, 2.24) is 0 Å². The lowest BCUT2D eigenvalue weighted by molar-refractivity contribution is -0.318. The van der Waals surface area contributed by atoms with Gasteiger partial charge in [0.05, 0.1) is 12.7 Å². The maximum Gasteiger partial charge on any atom is 0.417 e. The van der Waals surface area contributed by atoms with Crippen molar-refractivity contribution in [2.45, 2.75) is 43.2 Å². The fraction of sp³-hybridized carbons (Fsp3) is 1.00. The second kappa shape index (κ2) is 3.33. The molecule has 0 spiro atoms. The van der Waals surface area contributed by atoms with E-state index in [0.717, 1.165) is 0 Å². The number of halogens is 3. The summed E-state index contributed by atoms with van der Waals surface area (Å²) < 4.78 is 43.3. The van der Waals surface area contributed by atoms with E-state index >= 15 is 0 Å². The van der Waals surface area contributed by atoms with Gasteiger partial charge in [-0.2, -0.15) is 13.2 Å². The molecular formula is C9H14F3NO2. The van der Waals surface area contributed by atoms with Crippen LogP contribution in [0.2, 0.25) is 0 Å². The first-order chi connectivity index (χ1) is 6.86. The molecule has 0 amide bonds. The van der Waals surface area contributed by atoms with Gasteiger partial charge in [-0.05, 0) is 19.3 Å². The lowest BCUT2D eigenvalue weighted by atomic mass is 9.71. The van der Waals surface area contributed by atoms with Crippen LogP contribution in [-0.4, -0.2) is 35.6 Å². The Labute approximate surface area is 85.4 Å². The molecule has 1 unspecified atom stereocenters. The molecule has 1 heterocycles. The molecule has 1 aliphatic heterocycles. The van der Waals surface area contributed by atoms with Crippen molar-refractivity contribution in [3.63, 3.8) is 0 Å². The summed E-state index contributed by atoms with van der Waals surface area (Å²) in [6.07, 6.45) is -5.29. The van der Waals surface area contributed by atoms with Gasteiger partial charge < -0.3 is 15.6 Å². The molecule has 2 fully saturated rings. The number of fused-ring (bicyclic) bond motifs is 2. The van der Waals surface area contributed by atoms with Gasteiger partial charge in [0.1, 0.15) is 0 Å². The maximum atomic E-state index is 12.8. The molecule has 0 radical (unpaired) electrons. The van der Waals surface area contributed by atoms with Crippen LogP contribution in [0.4, 0.5) is 13.2 Å². The third kappa shape index (κ3) is 1.64. The predicted octanol–water partition coefficient (Wildman–Crippen LogP) is 0.806. The van der Waals surface area contributed by atoms with Crippen LogP contribution in [0.25, 0.3) is 0 Å². The summed E-state index contributed by atoms with van der Waals surface area (Å²) >= 11 is 0. The first kappa shape index (κ1) is 11.2. The molecule has 2 bridgehead atoms. The van der Waals surface area contributed by atoms with Gasteiger partial charge in [0.15, 0.2) is 5.60 Å². The van der Waals surface area contributed by atoms with Crippen LogP contribution in [0.15, 0.2) is 0 Å². The normalized spacial score (nSPS) is 46.6. The maximum absolute atomic E-state index is 12.8. The Kier molecular flexibility index (Phi) is 2.48. The highest BCUT2D eigenvalue weighted by molar-refractivity contribution is 5.03. The van der Waals surface area contributed by atoms with Gasteiger partial charge in [-0.3, -0.25) is 0 Å². The molecule has 4 atom stereocenters. The number of aliphatic hydroxyl groups excluding tert-OH is 1. The van der Waals surface area contributed by atoms with Gasteiger partial charge in [-0.1, -0.05) is 0 Å². The Hall–Kier alpha value is -0.330. The number of nitrogens with two attached hydrogens (primary N) is 1. The van der Waals surface area contributed by atoms with E-state index in [1.165, 1.54) is 0 Å². The van der Waals surface area contributed by atoms with E-state index < -0.39 is 23.8 Å². The van der Waals surface area contributed by atoms with E-state index in [2.05, 4.69) is 0 Å². The first-order valence-corrected chi connectivity index (χ1v) is 5.00. The zero-order valence-corrected chi connectivity index (χ0v) is 8.13. The minimum Gasteiger partial charge on any atom is -0.390 e. The minimum absolute atomic E-state index is 0.0963. The number of alkyl halides is 3. The monoisotopic (exact) mass is 225 g/mol. The SMILES string of the molecule is N[C@@H]1CC[C@]2(C(F)(F)F)CC1[C@H](O)CO2. The van der Waals surface area contributed by atoms with E-state index in [-0.39, 0.29) is 31.9 Å². The van der Waals surface area contributed by atoms with Crippen molar-refractivity contribution in [2.24, 2.45) is 11.7 Å². The standard InChI is InChI=1S/C9H14F3NO2/c10-9(11,12)8-2-1-6(13)5(3-8)7(14)4-15-8/h5-7,14H,1-4,13H2/t5?,6-,7-,8-/m1/s1. The highest BCUT2D eigenvalue weighted by Crippen LogP contribution is 2.49. The molecule has 6 heteroatoms. The lowest BCUT2D eigenvalue weighted by Crippen LogP contribution is -2.62. The summed E-state index contributed by atoms with van der Waals surface area (Å²) in [6, 6.07) is -0.348. The van der Waals surface area contributed by atoms with Crippen molar-refractivity contribution in [3.8, 4) is 0 Å². The van der Waals surface area contributed by atoms with E-state index in [4.69, 9.17) is 10.5 Å². The molecule has 1 saturated carbocycles. The second-order valence-corrected chi connectivity index (χ2v) is 4.44. The minimum atomic E-state index is -4.37. The van der Waals surface area contributed by atoms with Crippen LogP contribution in [0.5, 0.6) is 0 Å². The van der Waals surface area contributed by atoms with Gasteiger partial charge in [0.2, 0.25) is 0 Å². The third-order valence-electron chi connectivity index (χ3n) is 3.54. The quantitative estimate of drug-likeness (QED) is 0.641. The van der Waals surface area contributed by atoms with E-state index in [1.807, 2.05) is 0 Å². The summed E-state index contributed by atoms with van der Waals surface area (Å²) in [6.45, 7) is -0.266. The molecule has 2 aliphatic rings. The largest absolute Gasteiger partial charge is 0.417 e. The highest BCUT2D eigenvalue weighted by Gasteiger charge is 2.61. The Morgan fingerprint density at radius 3 is 2.67 bits per heavy atom. The molecule has 0 aromatic heterocycles. The zero-order valence-electron chi connectivity index (χ0n) is 8.13. The van der Waals surface area contributed by atoms with Crippen LogP contribution in [-0.2, 0) is 4.74 Å². The summed E-state index contributed by atoms with van der Waals surface area (Å²) in [4.78, 5) is 0. The number of aliphatic hydroxyl groups is 1. The van der Waals surface area contributed by atoms with E-state index in [0.29, 0.717) is 0 Å². The highest BCUT2D eigenvalue weighted by atomic mass is 19.4. The molecular weight excluding hydrogens is 211 g/mol. The van der Waals surface area contributed by atoms with E-state index in [1.54, 1.807) is 0 Å². The van der Waals surface area contributed by atoms with Crippen molar-refractivity contribution in [3.05, 3.63) is 0 Å². The zero-order chi connectivity index (χ0) is 11.3. The Balaban J connectivity index is 2.23. The molecule has 3 N–H and O–H groups in total. The Morgan fingerprint density at radius 2 is 2.07 bits per heavy atom. The van der Waals surface area contributed by atoms with Crippen molar-refractivity contribution >= 4 is 0 Å². The summed E-state index contributed by atoms with van der Waals surface area (Å²) in [5, 5.41) is 9.50. The van der Waals surface area contributed by atoms with Crippen LogP contribution < -0.4 is 5.73 Å². The van der Waals surface area contributed by atoms with Crippen LogP contribution >= 0.6 is 0 Å². The van der Waals surface area contributed by atoms with Crippen molar-refractivity contribution < 1.29 is 23.0 Å². The van der Waals surface area contributed by atoms with Crippen LogP contribution in [0.1, 0.15) is 19.3 Å². The molecule has 1 aliphatic carbocycles. The fourth-order valence-electron chi connectivity index (χ4n) is 2.51. The smallest absolute Gasteiger partial charge is 0.390 e. The predicted molar refractivity (Wildman–Crippen MR) is 46.1 cm³/mol. The molecule has 0 aromatic rings. The Bertz CT molecular complexity index is 242. The molecule has 2 rings (SSSR count). The topological polar surface area (TPSA) is 55.5 Å². The number of rotatable bonds is 0. The van der Waals surface area contributed by atoms with Crippen molar-refractivity contribution in [1.29, 1.82) is 0 Å². The summed E-state index contributed by atoms with van der Waals surface area (Å²) in [5.41, 5.74) is 3.63. The van der Waals surface area contributed by atoms with Gasteiger partial charge in [-0.25, -0.2) is 0 Å². The first-order valence-electron chi connectivity index (χ1n) is 5.00. The third-order valence-corrected chi connectivity index (χ3v) is 3.54. The molecule has 0 aromatic carbocycles. The van der Waals surface area contributed by atoms with Gasteiger partial charge in [-0.15, -0.1) is 0 Å². The van der Waals surface area contributed by atoms with Gasteiger partial charge in [0, 0.05) is 12.0 Å². The lowest BCUT2D eigenvalue weighted by Gasteiger charge is -2.49. The Morgan fingerprint density at radius 1 is 1.40 bits per heavy atom. The van der Waals surface area contributed by atoms with Gasteiger partial charge >= 0.3 is 6.18 Å². The second-order valence-electron chi connectivity index (χ2n) is 4.44. The fourth-order valence-corrected chi connectivity index (χ4v) is 2.51. The summed E-state index contributed by atoms with van der Waals surface area (Å²) in [7, 11) is 0. The average molecular weight is 225 g/mol. The number of hydrogen-bond donors (Lipinski definition) is 2. The van der Waals surface area contributed by atoms with E-state index in [9.17, 15) is 18.3 Å². The molecule has 15 heavy (non-hydrogen) atoms. The molecule has 1 saturated heterocycles. The van der Waals surface area contributed by atoms with Crippen LogP contribution in [0.3, 0.4) is 0 Å². The number of ether oxygens (including phenoxy) is 1. The van der Waals surface area contributed by atoms with Gasteiger partial charge in [0.25, 0.3) is 0 Å². The van der Waals surface area contributed by atoms with Crippen molar-refractivity contribution in [2.75, 3.05) is 6.61 Å². The molecule has 3 nitrogen and oxygen atoms in total. The number of hydrogen-bond acceptors (Lipinski definition) is 3. The average Bonchev–Trinajstić information content (AvgIpc) is 2.14.